The molecule has 1 aliphatic carbocycles. The van der Waals surface area contributed by atoms with Crippen LogP contribution in [0.3, 0.4) is 0 Å². The summed E-state index contributed by atoms with van der Waals surface area (Å²) in [4.78, 5) is 0. The lowest BCUT2D eigenvalue weighted by atomic mass is 10.1. The lowest BCUT2D eigenvalue weighted by molar-refractivity contribution is 0.390. The molecule has 1 N–H and O–H groups in total. The maximum absolute atomic E-state index is 5.74. The Morgan fingerprint density at radius 2 is 2.19 bits per heavy atom. The monoisotopic (exact) mass is 239 g/mol. The summed E-state index contributed by atoms with van der Waals surface area (Å²) in [5.41, 5.74) is 0. The molecule has 1 heterocycles. The van der Waals surface area contributed by atoms with Crippen LogP contribution in [0.1, 0.15) is 37.7 Å². The van der Waals surface area contributed by atoms with Gasteiger partial charge in [-0.05, 0) is 37.1 Å². The third-order valence-corrected chi connectivity index (χ3v) is 3.98. The fraction of sp³-hybridized carbons (Fsp3) is 0.692. The quantitative estimate of drug-likeness (QED) is 0.852. The van der Waals surface area contributed by atoms with E-state index in [4.69, 9.17) is 4.42 Å². The average molecular weight is 239 g/mol. The van der Waals surface area contributed by atoms with Crippen LogP contribution in [-0.4, -0.2) is 12.3 Å². The molecule has 2 unspecified atom stereocenters. The lowest BCUT2D eigenvalue weighted by Gasteiger charge is -2.16. The van der Waals surface area contributed by atoms with Gasteiger partial charge in [0.1, 0.15) is 11.5 Å². The molecule has 2 atom stereocenters. The maximum atomic E-state index is 5.74. The molecule has 16 heavy (non-hydrogen) atoms. The Hall–Kier alpha value is -0.410. The van der Waals surface area contributed by atoms with Crippen molar-refractivity contribution in [3.63, 3.8) is 0 Å². The van der Waals surface area contributed by atoms with Crippen LogP contribution < -0.4 is 5.32 Å². The van der Waals surface area contributed by atoms with E-state index in [0.717, 1.165) is 29.7 Å². The zero-order chi connectivity index (χ0) is 11.4. The Morgan fingerprint density at radius 3 is 2.88 bits per heavy atom. The molecule has 1 saturated carbocycles. The Balaban J connectivity index is 1.80. The van der Waals surface area contributed by atoms with Crippen molar-refractivity contribution in [1.82, 2.24) is 5.32 Å². The standard InChI is InChI=1S/C13H21NOS/c1-10-4-3-5-13(10)14-8-11-6-7-12(15-11)9-16-2/h6-7,10,13-14H,3-5,8-9H2,1-2H3. The molecule has 2 nitrogen and oxygen atoms in total. The van der Waals surface area contributed by atoms with E-state index in [1.807, 2.05) is 0 Å². The van der Waals surface area contributed by atoms with Crippen LogP contribution in [0.5, 0.6) is 0 Å². The zero-order valence-electron chi connectivity index (χ0n) is 10.2. The van der Waals surface area contributed by atoms with E-state index in [1.54, 1.807) is 11.8 Å². The molecule has 2 rings (SSSR count). The highest BCUT2D eigenvalue weighted by atomic mass is 32.2. The molecular weight excluding hydrogens is 218 g/mol. The molecule has 1 fully saturated rings. The van der Waals surface area contributed by atoms with Gasteiger partial charge in [0, 0.05) is 6.04 Å². The highest BCUT2D eigenvalue weighted by Gasteiger charge is 2.22. The van der Waals surface area contributed by atoms with Crippen molar-refractivity contribution in [1.29, 1.82) is 0 Å². The molecular formula is C13H21NOS. The van der Waals surface area contributed by atoms with Crippen LogP contribution in [0, 0.1) is 5.92 Å². The summed E-state index contributed by atoms with van der Waals surface area (Å²) in [6.07, 6.45) is 6.16. The van der Waals surface area contributed by atoms with Gasteiger partial charge in [-0.15, -0.1) is 0 Å². The minimum Gasteiger partial charge on any atom is -0.464 e. The summed E-state index contributed by atoms with van der Waals surface area (Å²) in [5.74, 6) is 3.95. The van der Waals surface area contributed by atoms with E-state index >= 15 is 0 Å². The van der Waals surface area contributed by atoms with E-state index in [2.05, 4.69) is 30.6 Å². The van der Waals surface area contributed by atoms with Crippen molar-refractivity contribution in [3.8, 4) is 0 Å². The van der Waals surface area contributed by atoms with Gasteiger partial charge < -0.3 is 9.73 Å². The molecule has 0 radical (unpaired) electrons. The minimum absolute atomic E-state index is 0.689. The number of nitrogens with one attached hydrogen (secondary N) is 1. The van der Waals surface area contributed by atoms with Crippen molar-refractivity contribution < 1.29 is 4.42 Å². The first-order chi connectivity index (χ1) is 7.79. The number of hydrogen-bond donors (Lipinski definition) is 1. The third kappa shape index (κ3) is 3.05. The second kappa shape index (κ2) is 5.78. The maximum Gasteiger partial charge on any atom is 0.118 e. The summed E-state index contributed by atoms with van der Waals surface area (Å²) >= 11 is 1.80. The van der Waals surface area contributed by atoms with Crippen LogP contribution in [0.2, 0.25) is 0 Å². The molecule has 0 aliphatic heterocycles. The number of hydrogen-bond acceptors (Lipinski definition) is 3. The van der Waals surface area contributed by atoms with Crippen molar-refractivity contribution in [2.75, 3.05) is 6.26 Å². The molecule has 0 bridgehead atoms. The van der Waals surface area contributed by atoms with E-state index in [-0.39, 0.29) is 0 Å². The first kappa shape index (κ1) is 12.1. The summed E-state index contributed by atoms with van der Waals surface area (Å²) in [6, 6.07) is 4.87. The van der Waals surface area contributed by atoms with Crippen molar-refractivity contribution >= 4 is 11.8 Å². The average Bonchev–Trinajstić information content (AvgIpc) is 2.86. The van der Waals surface area contributed by atoms with Gasteiger partial charge in [-0.2, -0.15) is 11.8 Å². The Morgan fingerprint density at radius 1 is 1.38 bits per heavy atom. The van der Waals surface area contributed by atoms with Crippen LogP contribution in [-0.2, 0) is 12.3 Å². The summed E-state index contributed by atoms with van der Waals surface area (Å²) in [5, 5.41) is 3.60. The molecule has 3 heteroatoms. The van der Waals surface area contributed by atoms with Gasteiger partial charge >= 0.3 is 0 Å². The number of furan rings is 1. The highest BCUT2D eigenvalue weighted by molar-refractivity contribution is 7.97. The summed E-state index contributed by atoms with van der Waals surface area (Å²) in [7, 11) is 0. The zero-order valence-corrected chi connectivity index (χ0v) is 11.0. The predicted molar refractivity (Wildman–Crippen MR) is 69.6 cm³/mol. The van der Waals surface area contributed by atoms with E-state index < -0.39 is 0 Å². The SMILES string of the molecule is CSCc1ccc(CNC2CCCC2C)o1. The Kier molecular flexibility index (Phi) is 4.36. The topological polar surface area (TPSA) is 25.2 Å². The minimum atomic E-state index is 0.689. The van der Waals surface area contributed by atoms with Gasteiger partial charge in [-0.3, -0.25) is 0 Å². The van der Waals surface area contributed by atoms with Gasteiger partial charge in [0.15, 0.2) is 0 Å². The van der Waals surface area contributed by atoms with Gasteiger partial charge in [0.05, 0.1) is 12.3 Å². The molecule has 0 saturated heterocycles. The second-order valence-electron chi connectivity index (χ2n) is 4.70. The van der Waals surface area contributed by atoms with Gasteiger partial charge in [-0.25, -0.2) is 0 Å². The third-order valence-electron chi connectivity index (χ3n) is 3.40. The van der Waals surface area contributed by atoms with E-state index in [9.17, 15) is 0 Å². The van der Waals surface area contributed by atoms with E-state index in [0.29, 0.717) is 6.04 Å². The Labute approximate surface area is 102 Å². The summed E-state index contributed by atoms with van der Waals surface area (Å²) < 4.78 is 5.74. The molecule has 0 aromatic carbocycles. The predicted octanol–water partition coefficient (Wildman–Crippen LogP) is 3.42. The number of thioether (sulfide) groups is 1. The van der Waals surface area contributed by atoms with Gasteiger partial charge in [-0.1, -0.05) is 13.3 Å². The molecule has 0 spiro atoms. The van der Waals surface area contributed by atoms with Crippen LogP contribution >= 0.6 is 11.8 Å². The largest absolute Gasteiger partial charge is 0.464 e. The first-order valence-corrected chi connectivity index (χ1v) is 7.49. The van der Waals surface area contributed by atoms with Crippen LogP contribution in [0.25, 0.3) is 0 Å². The molecule has 0 amide bonds. The van der Waals surface area contributed by atoms with Crippen molar-refractivity contribution in [3.05, 3.63) is 23.7 Å². The Bertz CT molecular complexity index is 323. The van der Waals surface area contributed by atoms with E-state index in [1.165, 1.54) is 19.3 Å². The molecule has 1 aromatic rings. The summed E-state index contributed by atoms with van der Waals surface area (Å²) in [6.45, 7) is 3.22. The first-order valence-electron chi connectivity index (χ1n) is 6.09. The molecule has 1 aromatic heterocycles. The van der Waals surface area contributed by atoms with Crippen LogP contribution in [0.15, 0.2) is 16.5 Å². The fourth-order valence-corrected chi connectivity index (χ4v) is 2.86. The number of rotatable bonds is 5. The molecule has 90 valence electrons. The lowest BCUT2D eigenvalue weighted by Crippen LogP contribution is -2.30. The van der Waals surface area contributed by atoms with Crippen molar-refractivity contribution in [2.24, 2.45) is 5.92 Å². The highest BCUT2D eigenvalue weighted by Crippen LogP contribution is 2.25. The van der Waals surface area contributed by atoms with Gasteiger partial charge in [0.2, 0.25) is 0 Å². The molecule has 1 aliphatic rings. The van der Waals surface area contributed by atoms with Crippen LogP contribution in [0.4, 0.5) is 0 Å². The second-order valence-corrected chi connectivity index (χ2v) is 5.56. The van der Waals surface area contributed by atoms with Gasteiger partial charge in [0.25, 0.3) is 0 Å². The van der Waals surface area contributed by atoms with Crippen molar-refractivity contribution in [2.45, 2.75) is 44.5 Å². The smallest absolute Gasteiger partial charge is 0.118 e. The normalized spacial score (nSPS) is 25.1. The fourth-order valence-electron chi connectivity index (χ4n) is 2.42.